The van der Waals surface area contributed by atoms with E-state index < -0.39 is 0 Å². The van der Waals surface area contributed by atoms with Gasteiger partial charge < -0.3 is 4.90 Å². The van der Waals surface area contributed by atoms with Gasteiger partial charge in [0.1, 0.15) is 0 Å². The van der Waals surface area contributed by atoms with Crippen LogP contribution in [0.3, 0.4) is 0 Å². The molecule has 2 aliphatic rings. The van der Waals surface area contributed by atoms with Crippen molar-refractivity contribution in [3.05, 3.63) is 33.8 Å². The lowest BCUT2D eigenvalue weighted by Gasteiger charge is -2.24. The van der Waals surface area contributed by atoms with Gasteiger partial charge in [0.2, 0.25) is 0 Å². The molecule has 0 saturated carbocycles. The number of halogens is 1. The molecular weight excluding hydrogens is 304 g/mol. The Hall–Kier alpha value is -0.870. The number of benzene rings is 1. The largest absolute Gasteiger partial charge is 0.333 e. The van der Waals surface area contributed by atoms with E-state index in [2.05, 4.69) is 33.8 Å². The molecule has 3 rings (SSSR count). The summed E-state index contributed by atoms with van der Waals surface area (Å²) in [6, 6.07) is 6.61. The van der Waals surface area contributed by atoms with Crippen molar-refractivity contribution < 1.29 is 4.79 Å². The van der Waals surface area contributed by atoms with Crippen LogP contribution >= 0.6 is 15.9 Å². The van der Waals surface area contributed by atoms with Gasteiger partial charge in [0.15, 0.2) is 0 Å². The zero-order valence-electron chi connectivity index (χ0n) is 11.2. The van der Waals surface area contributed by atoms with E-state index in [1.54, 1.807) is 0 Å². The fourth-order valence-corrected chi connectivity index (χ4v) is 3.51. The van der Waals surface area contributed by atoms with E-state index >= 15 is 0 Å². The van der Waals surface area contributed by atoms with E-state index in [1.165, 1.54) is 19.4 Å². The minimum atomic E-state index is 0.189. The van der Waals surface area contributed by atoms with Gasteiger partial charge in [0.05, 0.1) is 0 Å². The molecule has 102 valence electrons. The van der Waals surface area contributed by atoms with Gasteiger partial charge in [-0.2, -0.15) is 0 Å². The molecule has 1 amide bonds. The van der Waals surface area contributed by atoms with Crippen molar-refractivity contribution in [2.75, 3.05) is 19.6 Å². The average Bonchev–Trinajstić information content (AvgIpc) is 2.91. The maximum atomic E-state index is 12.3. The van der Waals surface area contributed by atoms with Gasteiger partial charge in [0.25, 0.3) is 5.91 Å². The van der Waals surface area contributed by atoms with E-state index in [0.29, 0.717) is 6.04 Å². The number of hydrogen-bond acceptors (Lipinski definition) is 2. The second-order valence-electron chi connectivity index (χ2n) is 5.56. The summed E-state index contributed by atoms with van der Waals surface area (Å²) in [5, 5.41) is 0. The van der Waals surface area contributed by atoms with E-state index in [1.807, 2.05) is 17.0 Å². The lowest BCUT2D eigenvalue weighted by Crippen LogP contribution is -2.36. The molecule has 0 N–H and O–H groups in total. The highest BCUT2D eigenvalue weighted by molar-refractivity contribution is 9.10. The van der Waals surface area contributed by atoms with Gasteiger partial charge in [-0.15, -0.1) is 0 Å². The van der Waals surface area contributed by atoms with Crippen LogP contribution in [-0.4, -0.2) is 41.4 Å². The summed E-state index contributed by atoms with van der Waals surface area (Å²) in [5.41, 5.74) is 2.02. The average molecular weight is 323 g/mol. The first kappa shape index (κ1) is 13.1. The second-order valence-corrected chi connectivity index (χ2v) is 6.47. The smallest absolute Gasteiger partial charge is 0.254 e. The highest BCUT2D eigenvalue weighted by Crippen LogP contribution is 2.26. The van der Waals surface area contributed by atoms with E-state index in [9.17, 15) is 4.79 Å². The van der Waals surface area contributed by atoms with E-state index in [0.717, 1.165) is 35.2 Å². The van der Waals surface area contributed by atoms with Gasteiger partial charge in [-0.25, -0.2) is 0 Å². The highest BCUT2D eigenvalue weighted by atomic mass is 79.9. The van der Waals surface area contributed by atoms with Crippen LogP contribution in [0.2, 0.25) is 0 Å². The monoisotopic (exact) mass is 322 g/mol. The van der Waals surface area contributed by atoms with Crippen LogP contribution in [0.25, 0.3) is 0 Å². The highest BCUT2D eigenvalue weighted by Gasteiger charge is 2.28. The number of fused-ring (bicyclic) bond motifs is 1. The summed E-state index contributed by atoms with van der Waals surface area (Å²) in [7, 11) is 0. The molecule has 4 heteroatoms. The van der Waals surface area contributed by atoms with Gasteiger partial charge >= 0.3 is 0 Å². The SMILES string of the molecule is CC1CCCN1CCN1Cc2cc(Br)ccc2C1=O. The molecule has 3 nitrogen and oxygen atoms in total. The number of rotatable bonds is 3. The van der Waals surface area contributed by atoms with E-state index in [4.69, 9.17) is 0 Å². The molecule has 1 saturated heterocycles. The Kier molecular flexibility index (Phi) is 3.63. The number of nitrogens with zero attached hydrogens (tertiary/aromatic N) is 2. The Balaban J connectivity index is 1.64. The van der Waals surface area contributed by atoms with Gasteiger partial charge in [-0.1, -0.05) is 15.9 Å². The van der Waals surface area contributed by atoms with Crippen molar-refractivity contribution in [2.45, 2.75) is 32.4 Å². The first-order valence-corrected chi connectivity index (χ1v) is 7.76. The van der Waals surface area contributed by atoms with Crippen molar-refractivity contribution in [3.63, 3.8) is 0 Å². The molecule has 1 aromatic carbocycles. The minimum absolute atomic E-state index is 0.189. The molecule has 0 aliphatic carbocycles. The molecule has 2 heterocycles. The zero-order chi connectivity index (χ0) is 13.4. The normalized spacial score (nSPS) is 23.2. The van der Waals surface area contributed by atoms with Crippen LogP contribution in [0.15, 0.2) is 22.7 Å². The van der Waals surface area contributed by atoms with Crippen LogP contribution in [-0.2, 0) is 6.54 Å². The summed E-state index contributed by atoms with van der Waals surface area (Å²) < 4.78 is 1.05. The predicted octanol–water partition coefficient (Wildman–Crippen LogP) is 2.89. The van der Waals surface area contributed by atoms with Crippen LogP contribution < -0.4 is 0 Å². The zero-order valence-corrected chi connectivity index (χ0v) is 12.8. The third kappa shape index (κ3) is 2.56. The third-order valence-electron chi connectivity index (χ3n) is 4.29. The predicted molar refractivity (Wildman–Crippen MR) is 79.2 cm³/mol. The summed E-state index contributed by atoms with van der Waals surface area (Å²) in [6.45, 7) is 6.07. The topological polar surface area (TPSA) is 23.6 Å². The molecule has 1 fully saturated rings. The molecule has 1 atom stereocenters. The number of amides is 1. The van der Waals surface area contributed by atoms with Crippen molar-refractivity contribution >= 4 is 21.8 Å². The molecule has 0 radical (unpaired) electrons. The quantitative estimate of drug-likeness (QED) is 0.854. The van der Waals surface area contributed by atoms with Crippen LogP contribution in [0.4, 0.5) is 0 Å². The van der Waals surface area contributed by atoms with Crippen molar-refractivity contribution in [1.82, 2.24) is 9.80 Å². The number of carbonyl (C=O) groups excluding carboxylic acids is 1. The van der Waals surface area contributed by atoms with Crippen LogP contribution in [0, 0.1) is 0 Å². The lowest BCUT2D eigenvalue weighted by atomic mass is 10.1. The fourth-order valence-electron chi connectivity index (χ4n) is 3.10. The number of likely N-dealkylation sites (tertiary alicyclic amines) is 1. The summed E-state index contributed by atoms with van der Waals surface area (Å²) in [4.78, 5) is 16.8. The van der Waals surface area contributed by atoms with Crippen LogP contribution in [0.1, 0.15) is 35.7 Å². The van der Waals surface area contributed by atoms with Crippen LogP contribution in [0.5, 0.6) is 0 Å². The Morgan fingerprint density at radius 1 is 1.37 bits per heavy atom. The second kappa shape index (κ2) is 5.25. The molecule has 19 heavy (non-hydrogen) atoms. The summed E-state index contributed by atoms with van der Waals surface area (Å²) in [6.07, 6.45) is 2.59. The number of carbonyl (C=O) groups is 1. The van der Waals surface area contributed by atoms with Gasteiger partial charge in [0, 0.05) is 35.7 Å². The van der Waals surface area contributed by atoms with Gasteiger partial charge in [-0.3, -0.25) is 9.69 Å². The van der Waals surface area contributed by atoms with Crippen molar-refractivity contribution in [1.29, 1.82) is 0 Å². The summed E-state index contributed by atoms with van der Waals surface area (Å²) >= 11 is 3.47. The maximum absolute atomic E-state index is 12.3. The molecular formula is C15H19BrN2O. The maximum Gasteiger partial charge on any atom is 0.254 e. The Morgan fingerprint density at radius 2 is 2.21 bits per heavy atom. The lowest BCUT2D eigenvalue weighted by molar-refractivity contribution is 0.0756. The molecule has 0 spiro atoms. The first-order chi connectivity index (χ1) is 9.15. The fraction of sp³-hybridized carbons (Fsp3) is 0.533. The Labute approximate surface area is 122 Å². The van der Waals surface area contributed by atoms with E-state index in [-0.39, 0.29) is 5.91 Å². The van der Waals surface area contributed by atoms with Crippen molar-refractivity contribution in [2.24, 2.45) is 0 Å². The Bertz CT molecular complexity index is 503. The molecule has 2 aliphatic heterocycles. The van der Waals surface area contributed by atoms with Gasteiger partial charge in [-0.05, 0) is 50.1 Å². The molecule has 1 aromatic rings. The van der Waals surface area contributed by atoms with Crippen molar-refractivity contribution in [3.8, 4) is 0 Å². The molecule has 1 unspecified atom stereocenters. The number of hydrogen-bond donors (Lipinski definition) is 0. The molecule has 0 bridgehead atoms. The first-order valence-electron chi connectivity index (χ1n) is 6.97. The third-order valence-corrected chi connectivity index (χ3v) is 4.79. The summed E-state index contributed by atoms with van der Waals surface area (Å²) in [5.74, 6) is 0.189. The molecule has 0 aromatic heterocycles. The standard InChI is InChI=1S/C15H19BrN2O/c1-11-3-2-6-17(11)7-8-18-10-12-9-13(16)4-5-14(12)15(18)19/h4-5,9,11H,2-3,6-8,10H2,1H3. The Morgan fingerprint density at radius 3 is 2.95 bits per heavy atom. The minimum Gasteiger partial charge on any atom is -0.333 e.